The molecule has 0 aromatic carbocycles. The lowest BCUT2D eigenvalue weighted by atomic mass is 10.1. The Kier molecular flexibility index (Phi) is 4.61. The van der Waals surface area contributed by atoms with Crippen LogP contribution in [0.5, 0.6) is 0 Å². The highest BCUT2D eigenvalue weighted by Crippen LogP contribution is 2.08. The Morgan fingerprint density at radius 3 is 2.33 bits per heavy atom. The highest BCUT2D eigenvalue weighted by atomic mass is 33.1. The minimum absolute atomic E-state index is 0.104. The molecule has 0 spiro atoms. The predicted octanol–water partition coefficient (Wildman–Crippen LogP) is -0.778. The third-order valence-electron chi connectivity index (χ3n) is 1.11. The molecule has 0 fully saturated rings. The molecule has 0 amide bonds. The van der Waals surface area contributed by atoms with Crippen molar-refractivity contribution >= 4 is 34.2 Å². The average Bonchev–Trinajstić information content (AvgIpc) is 1.85. The standard InChI is InChI=1S/C5H10N2O3S2/c6-5(7,4(9)10)1-3(8)2-12-11/h11H,1-2,6-7H2,(H,9,10). The number of ketones is 1. The van der Waals surface area contributed by atoms with Gasteiger partial charge in [-0.25, -0.2) is 4.79 Å². The summed E-state index contributed by atoms with van der Waals surface area (Å²) in [6.07, 6.45) is -0.379. The van der Waals surface area contributed by atoms with E-state index < -0.39 is 11.6 Å². The van der Waals surface area contributed by atoms with E-state index in [2.05, 4.69) is 11.7 Å². The number of hydrogen-bond acceptors (Lipinski definition) is 6. The summed E-state index contributed by atoms with van der Waals surface area (Å²) in [6.45, 7) is 0. The first-order chi connectivity index (χ1) is 5.40. The number of carboxylic acids is 1. The minimum atomic E-state index is -1.96. The maximum Gasteiger partial charge on any atom is 0.338 e. The second-order valence-corrected chi connectivity index (χ2v) is 3.66. The zero-order valence-electron chi connectivity index (χ0n) is 6.19. The Bertz CT molecular complexity index is 195. The fourth-order valence-electron chi connectivity index (χ4n) is 0.525. The summed E-state index contributed by atoms with van der Waals surface area (Å²) in [6, 6.07) is 0. The SMILES string of the molecule is NC(N)(CC(=O)CSS)C(=O)O. The van der Waals surface area contributed by atoms with Gasteiger partial charge >= 0.3 is 5.97 Å². The van der Waals surface area contributed by atoms with Gasteiger partial charge < -0.3 is 16.6 Å². The molecule has 7 heteroatoms. The van der Waals surface area contributed by atoms with Gasteiger partial charge in [0.2, 0.25) is 0 Å². The lowest BCUT2D eigenvalue weighted by Crippen LogP contribution is -2.57. The van der Waals surface area contributed by atoms with Crippen molar-refractivity contribution < 1.29 is 14.7 Å². The third-order valence-corrected chi connectivity index (χ3v) is 1.95. The van der Waals surface area contributed by atoms with Gasteiger partial charge in [0.25, 0.3) is 0 Å². The van der Waals surface area contributed by atoms with Crippen LogP contribution in [0.25, 0.3) is 0 Å². The largest absolute Gasteiger partial charge is 0.479 e. The second-order valence-electron chi connectivity index (χ2n) is 2.33. The van der Waals surface area contributed by atoms with Crippen LogP contribution in [0.1, 0.15) is 6.42 Å². The molecule has 0 aliphatic rings. The number of rotatable bonds is 5. The third kappa shape index (κ3) is 3.96. The lowest BCUT2D eigenvalue weighted by molar-refractivity contribution is -0.145. The van der Waals surface area contributed by atoms with E-state index in [1.165, 1.54) is 0 Å². The number of nitrogens with two attached hydrogens (primary N) is 2. The van der Waals surface area contributed by atoms with Gasteiger partial charge in [0.05, 0.1) is 5.75 Å². The van der Waals surface area contributed by atoms with Crippen LogP contribution in [0.2, 0.25) is 0 Å². The van der Waals surface area contributed by atoms with Crippen molar-refractivity contribution in [1.82, 2.24) is 0 Å². The van der Waals surface area contributed by atoms with Crippen molar-refractivity contribution in [3.05, 3.63) is 0 Å². The predicted molar refractivity (Wildman–Crippen MR) is 49.8 cm³/mol. The Labute approximate surface area is 78.7 Å². The Hall–Kier alpha value is -0.240. The fourth-order valence-corrected chi connectivity index (χ4v) is 1.20. The molecule has 0 radical (unpaired) electrons. The molecule has 0 saturated heterocycles. The van der Waals surface area contributed by atoms with Gasteiger partial charge in [0.15, 0.2) is 5.66 Å². The van der Waals surface area contributed by atoms with Crippen molar-refractivity contribution in [3.63, 3.8) is 0 Å². The van der Waals surface area contributed by atoms with E-state index in [4.69, 9.17) is 16.6 Å². The normalized spacial score (nSPS) is 11.2. The van der Waals surface area contributed by atoms with E-state index in [1.807, 2.05) is 0 Å². The second kappa shape index (κ2) is 4.70. The molecule has 70 valence electrons. The van der Waals surface area contributed by atoms with Crippen molar-refractivity contribution in [2.75, 3.05) is 5.75 Å². The molecule has 0 aliphatic heterocycles. The molecule has 0 aromatic heterocycles. The number of carbonyl (C=O) groups excluding carboxylic acids is 1. The van der Waals surface area contributed by atoms with Gasteiger partial charge in [-0.15, -0.1) is 11.7 Å². The number of carboxylic acid groups (broad SMARTS) is 1. The van der Waals surface area contributed by atoms with Crippen LogP contribution in [-0.4, -0.2) is 28.3 Å². The summed E-state index contributed by atoms with van der Waals surface area (Å²) in [7, 11) is 1.00. The van der Waals surface area contributed by atoms with Gasteiger partial charge in [-0.05, 0) is 0 Å². The summed E-state index contributed by atoms with van der Waals surface area (Å²) in [5.74, 6) is -1.62. The smallest absolute Gasteiger partial charge is 0.338 e. The number of carbonyl (C=O) groups is 2. The van der Waals surface area contributed by atoms with Crippen LogP contribution in [0.4, 0.5) is 0 Å². The molecule has 12 heavy (non-hydrogen) atoms. The first-order valence-corrected chi connectivity index (χ1v) is 5.03. The first kappa shape index (κ1) is 11.8. The summed E-state index contributed by atoms with van der Waals surface area (Å²) >= 11 is 3.73. The molecule has 0 bridgehead atoms. The topological polar surface area (TPSA) is 106 Å². The van der Waals surface area contributed by atoms with E-state index in [0.717, 1.165) is 10.8 Å². The zero-order chi connectivity index (χ0) is 9.78. The van der Waals surface area contributed by atoms with Crippen LogP contribution < -0.4 is 11.5 Å². The molecule has 0 atom stereocenters. The monoisotopic (exact) mass is 210 g/mol. The summed E-state index contributed by atoms with van der Waals surface area (Å²) in [5.41, 5.74) is 8.27. The summed E-state index contributed by atoms with van der Waals surface area (Å²) in [4.78, 5) is 21.2. The fraction of sp³-hybridized carbons (Fsp3) is 0.600. The van der Waals surface area contributed by atoms with Crippen LogP contribution in [0.3, 0.4) is 0 Å². The summed E-state index contributed by atoms with van der Waals surface area (Å²) < 4.78 is 0. The molecule has 5 N–H and O–H groups in total. The highest BCUT2D eigenvalue weighted by Gasteiger charge is 2.31. The van der Waals surface area contributed by atoms with Gasteiger partial charge in [-0.3, -0.25) is 4.79 Å². The maximum atomic E-state index is 10.9. The highest BCUT2D eigenvalue weighted by molar-refractivity contribution is 8.68. The van der Waals surface area contributed by atoms with Crippen molar-refractivity contribution in [3.8, 4) is 0 Å². The van der Waals surface area contributed by atoms with Gasteiger partial charge in [0, 0.05) is 6.42 Å². The molecule has 0 aliphatic carbocycles. The summed E-state index contributed by atoms with van der Waals surface area (Å²) in [5, 5.41) is 8.43. The number of hydrogen-bond donors (Lipinski definition) is 4. The molecule has 5 nitrogen and oxygen atoms in total. The van der Waals surface area contributed by atoms with E-state index in [-0.39, 0.29) is 18.0 Å². The van der Waals surface area contributed by atoms with Crippen LogP contribution in [-0.2, 0) is 9.59 Å². The van der Waals surface area contributed by atoms with Crippen LogP contribution in [0.15, 0.2) is 0 Å². The Morgan fingerprint density at radius 2 is 2.00 bits per heavy atom. The maximum absolute atomic E-state index is 10.9. The van der Waals surface area contributed by atoms with Crippen molar-refractivity contribution in [2.45, 2.75) is 12.1 Å². The molecular weight excluding hydrogens is 200 g/mol. The molecule has 0 saturated carbocycles. The van der Waals surface area contributed by atoms with E-state index in [1.54, 1.807) is 0 Å². The molecule has 0 unspecified atom stereocenters. The van der Waals surface area contributed by atoms with Gasteiger partial charge in [0.1, 0.15) is 5.78 Å². The number of aliphatic carboxylic acids is 1. The first-order valence-electron chi connectivity index (χ1n) is 2.99. The Balaban J connectivity index is 4.06. The zero-order valence-corrected chi connectivity index (χ0v) is 7.90. The van der Waals surface area contributed by atoms with E-state index in [0.29, 0.717) is 0 Å². The minimum Gasteiger partial charge on any atom is -0.479 e. The quantitative estimate of drug-likeness (QED) is 0.269. The average molecular weight is 210 g/mol. The van der Waals surface area contributed by atoms with Crippen molar-refractivity contribution in [2.24, 2.45) is 11.5 Å². The van der Waals surface area contributed by atoms with E-state index >= 15 is 0 Å². The molecule has 0 rings (SSSR count). The van der Waals surface area contributed by atoms with Crippen molar-refractivity contribution in [1.29, 1.82) is 0 Å². The molecule has 0 aromatic rings. The van der Waals surface area contributed by atoms with E-state index in [9.17, 15) is 9.59 Å². The molecular formula is C5H10N2O3S2. The number of Topliss-reactive ketones (excluding diaryl/α,β-unsaturated/α-hetero) is 1. The number of thiol groups is 1. The van der Waals surface area contributed by atoms with Crippen LogP contribution >= 0.6 is 22.5 Å². The van der Waals surface area contributed by atoms with Crippen LogP contribution in [0, 0.1) is 0 Å². The van der Waals surface area contributed by atoms with Gasteiger partial charge in [-0.1, -0.05) is 10.8 Å². The molecule has 0 heterocycles. The van der Waals surface area contributed by atoms with Gasteiger partial charge in [-0.2, -0.15) is 0 Å². The lowest BCUT2D eigenvalue weighted by Gasteiger charge is -2.17. The Morgan fingerprint density at radius 1 is 1.50 bits per heavy atom.